The molecule has 0 saturated heterocycles. The van der Waals surface area contributed by atoms with E-state index >= 15 is 0 Å². The second-order valence-electron chi connectivity index (χ2n) is 10.6. The molecule has 0 N–H and O–H groups in total. The minimum absolute atomic E-state index is 0.182. The van der Waals surface area contributed by atoms with Gasteiger partial charge >= 0.3 is 35.8 Å². The molecule has 0 spiro atoms. The number of hydrogen-bond donors (Lipinski definition) is 0. The van der Waals surface area contributed by atoms with E-state index in [1.807, 2.05) is 0 Å². The summed E-state index contributed by atoms with van der Waals surface area (Å²) in [5.41, 5.74) is 0.718. The van der Waals surface area contributed by atoms with Crippen molar-refractivity contribution in [1.29, 1.82) is 0 Å². The summed E-state index contributed by atoms with van der Waals surface area (Å²) < 4.78 is 64.6. The highest BCUT2D eigenvalue weighted by atomic mass is 16.6. The van der Waals surface area contributed by atoms with Crippen LogP contribution in [0.15, 0.2) is 74.9 Å². The van der Waals surface area contributed by atoms with Gasteiger partial charge in [-0.1, -0.05) is 39.5 Å². The predicted octanol–water partition coefficient (Wildman–Crippen LogP) is 2.23. The molecule has 0 atom stereocenters. The Kier molecular flexibility index (Phi) is 45.1. The normalized spacial score (nSPS) is 9.80. The van der Waals surface area contributed by atoms with E-state index in [1.165, 1.54) is 0 Å². The Labute approximate surface area is 346 Å². The van der Waals surface area contributed by atoms with Gasteiger partial charge in [0.25, 0.3) is 0 Å². The fraction of sp³-hybridized carbons (Fsp3) is 0.550. The van der Waals surface area contributed by atoms with Crippen molar-refractivity contribution >= 4 is 35.8 Å². The molecule has 0 heterocycles. The van der Waals surface area contributed by atoms with Crippen molar-refractivity contribution in [3.63, 3.8) is 0 Å². The standard InChI is InChI=1S/C14H22O7.C14H22O6.C12H18O6/c1-3-13(15)20-11-9-18-7-5-17-6-8-19-10-12-21-14(16)4-2;1-11(2)13(15)19-9-7-17-5-6-18-8-10-20-14(16)12(3)4;1-3-11(13)17-9-7-15-5-6-16-8-10-18-12(14)4-2/h3-4H,1-2,5-12H2;1,3,5-10H2,2,4H3;3-4H,1-2,5-10H2. The molecule has 19 heteroatoms. The van der Waals surface area contributed by atoms with Crippen LogP contribution >= 0.6 is 0 Å². The van der Waals surface area contributed by atoms with Gasteiger partial charge in [-0.2, -0.15) is 0 Å². The van der Waals surface area contributed by atoms with Crippen molar-refractivity contribution in [3.8, 4) is 0 Å². The molecular weight excluding hydrogens is 784 g/mol. The van der Waals surface area contributed by atoms with Crippen molar-refractivity contribution in [2.24, 2.45) is 0 Å². The smallest absolute Gasteiger partial charge is 0.333 e. The fourth-order valence-corrected chi connectivity index (χ4v) is 2.86. The zero-order valence-electron chi connectivity index (χ0n) is 34.5. The lowest BCUT2D eigenvalue weighted by atomic mass is 10.4. The predicted molar refractivity (Wildman–Crippen MR) is 212 cm³/mol. The second-order valence-corrected chi connectivity index (χ2v) is 10.6. The quantitative estimate of drug-likeness (QED) is 0.0382. The fourth-order valence-electron chi connectivity index (χ4n) is 2.86. The Balaban J connectivity index is -0.000000800. The van der Waals surface area contributed by atoms with Crippen LogP contribution in [0, 0.1) is 0 Å². The summed E-state index contributed by atoms with van der Waals surface area (Å²) in [4.78, 5) is 64.6. The lowest BCUT2D eigenvalue weighted by Crippen LogP contribution is -2.15. The highest BCUT2D eigenvalue weighted by Gasteiger charge is 2.04. The van der Waals surface area contributed by atoms with Gasteiger partial charge in [0.15, 0.2) is 0 Å². The summed E-state index contributed by atoms with van der Waals surface area (Å²) in [6.07, 6.45) is 4.38. The number of carbonyl (C=O) groups is 6. The first kappa shape index (κ1) is 58.3. The lowest BCUT2D eigenvalue weighted by Gasteiger charge is -2.07. The Bertz CT molecular complexity index is 1140. The summed E-state index contributed by atoms with van der Waals surface area (Å²) in [5, 5.41) is 0. The number of carbonyl (C=O) groups excluding carboxylic acids is 6. The first-order valence-electron chi connectivity index (χ1n) is 18.2. The minimum atomic E-state index is -0.473. The van der Waals surface area contributed by atoms with Crippen molar-refractivity contribution in [3.05, 3.63) is 74.9 Å². The summed E-state index contributed by atoms with van der Waals surface area (Å²) in [6, 6.07) is 0. The van der Waals surface area contributed by atoms with Crippen molar-refractivity contribution in [2.45, 2.75) is 13.8 Å². The molecule has 0 aromatic carbocycles. The Morgan fingerprint density at radius 1 is 0.305 bits per heavy atom. The van der Waals surface area contributed by atoms with E-state index in [0.717, 1.165) is 24.3 Å². The lowest BCUT2D eigenvalue weighted by molar-refractivity contribution is -0.142. The van der Waals surface area contributed by atoms with Gasteiger partial charge in [0.05, 0.1) is 92.5 Å². The molecule has 59 heavy (non-hydrogen) atoms. The minimum Gasteiger partial charge on any atom is -0.460 e. The molecule has 0 bridgehead atoms. The number of ether oxygens (including phenoxy) is 13. The topological polar surface area (TPSA) is 222 Å². The van der Waals surface area contributed by atoms with Crippen LogP contribution in [-0.2, 0) is 90.3 Å². The molecule has 0 amide bonds. The maximum absolute atomic E-state index is 11.0. The summed E-state index contributed by atoms with van der Waals surface area (Å²) in [5.74, 6) is -2.73. The van der Waals surface area contributed by atoms with Gasteiger partial charge < -0.3 is 61.6 Å². The van der Waals surface area contributed by atoms with Crippen LogP contribution in [0.4, 0.5) is 0 Å². The summed E-state index contributed by atoms with van der Waals surface area (Å²) >= 11 is 0. The van der Waals surface area contributed by atoms with Crippen LogP contribution in [0.5, 0.6) is 0 Å². The molecule has 0 aromatic rings. The molecule has 0 aliphatic heterocycles. The van der Waals surface area contributed by atoms with Crippen LogP contribution in [-0.4, -0.2) is 168 Å². The van der Waals surface area contributed by atoms with E-state index in [2.05, 4.69) is 48.9 Å². The molecular formula is C40H62O19. The van der Waals surface area contributed by atoms with Gasteiger partial charge in [-0.15, -0.1) is 0 Å². The third-order valence-corrected chi connectivity index (χ3v) is 5.66. The van der Waals surface area contributed by atoms with Crippen LogP contribution in [0.25, 0.3) is 0 Å². The number of esters is 6. The first-order chi connectivity index (χ1) is 28.4. The van der Waals surface area contributed by atoms with E-state index in [-0.39, 0.29) is 39.6 Å². The van der Waals surface area contributed by atoms with E-state index in [9.17, 15) is 28.8 Å². The van der Waals surface area contributed by atoms with Crippen molar-refractivity contribution in [1.82, 2.24) is 0 Å². The Morgan fingerprint density at radius 3 is 0.610 bits per heavy atom. The zero-order valence-corrected chi connectivity index (χ0v) is 34.5. The number of hydrogen-bond acceptors (Lipinski definition) is 19. The van der Waals surface area contributed by atoms with Crippen LogP contribution in [0.2, 0.25) is 0 Å². The average molecular weight is 847 g/mol. The average Bonchev–Trinajstić information content (AvgIpc) is 3.23. The van der Waals surface area contributed by atoms with Gasteiger partial charge in [0.2, 0.25) is 0 Å². The van der Waals surface area contributed by atoms with Crippen LogP contribution in [0.3, 0.4) is 0 Å². The molecule has 0 radical (unpaired) electrons. The van der Waals surface area contributed by atoms with E-state index in [4.69, 9.17) is 52.1 Å². The third kappa shape index (κ3) is 49.1. The molecule has 0 saturated carbocycles. The Hall–Kier alpha value is -5.02. The number of rotatable bonds is 36. The third-order valence-electron chi connectivity index (χ3n) is 5.66. The maximum atomic E-state index is 11.0. The van der Waals surface area contributed by atoms with Gasteiger partial charge in [0, 0.05) is 35.5 Å². The zero-order chi connectivity index (χ0) is 44.8. The van der Waals surface area contributed by atoms with Gasteiger partial charge in [0.1, 0.15) is 39.6 Å². The van der Waals surface area contributed by atoms with Gasteiger partial charge in [-0.05, 0) is 13.8 Å². The summed E-state index contributed by atoms with van der Waals surface area (Å²) in [6.45, 7) is 29.2. The van der Waals surface area contributed by atoms with E-state index in [0.29, 0.717) is 104 Å². The Morgan fingerprint density at radius 2 is 0.458 bits per heavy atom. The van der Waals surface area contributed by atoms with Crippen molar-refractivity contribution in [2.75, 3.05) is 132 Å². The SMILES string of the molecule is C=C(C)C(=O)OCCOCCOCCOC(=O)C(=C)C.C=CC(=O)OCCOCCOCCOC(=O)C=C.C=CC(=O)OCCOCCOCCOCCOC(=O)C=C. The summed E-state index contributed by atoms with van der Waals surface area (Å²) in [7, 11) is 0. The monoisotopic (exact) mass is 846 g/mol. The largest absolute Gasteiger partial charge is 0.460 e. The maximum Gasteiger partial charge on any atom is 0.333 e. The molecule has 0 aliphatic carbocycles. The van der Waals surface area contributed by atoms with Gasteiger partial charge in [-0.3, -0.25) is 0 Å². The molecule has 0 rings (SSSR count). The molecule has 0 aromatic heterocycles. The first-order valence-corrected chi connectivity index (χ1v) is 18.2. The molecule has 0 unspecified atom stereocenters. The highest BCUT2D eigenvalue weighted by molar-refractivity contribution is 5.87. The van der Waals surface area contributed by atoms with E-state index in [1.54, 1.807) is 13.8 Å². The van der Waals surface area contributed by atoms with Crippen LogP contribution in [0.1, 0.15) is 13.8 Å². The van der Waals surface area contributed by atoms with Crippen molar-refractivity contribution < 1.29 is 90.3 Å². The van der Waals surface area contributed by atoms with Gasteiger partial charge in [-0.25, -0.2) is 28.8 Å². The molecule has 336 valence electrons. The second kappa shape index (κ2) is 45.7. The molecule has 19 nitrogen and oxygen atoms in total. The highest BCUT2D eigenvalue weighted by Crippen LogP contribution is 1.93. The van der Waals surface area contributed by atoms with E-state index < -0.39 is 35.8 Å². The van der Waals surface area contributed by atoms with Crippen LogP contribution < -0.4 is 0 Å². The molecule has 0 fully saturated rings. The molecule has 0 aliphatic rings.